The molecule has 0 saturated carbocycles. The molecule has 0 atom stereocenters. The van der Waals surface area contributed by atoms with Gasteiger partial charge in [0.1, 0.15) is 5.69 Å². The van der Waals surface area contributed by atoms with E-state index in [0.717, 1.165) is 29.3 Å². The molecule has 3 aromatic rings. The molecule has 0 unspecified atom stereocenters. The molecule has 4 nitrogen and oxygen atoms in total. The van der Waals surface area contributed by atoms with Crippen LogP contribution in [0.3, 0.4) is 0 Å². The van der Waals surface area contributed by atoms with Crippen LogP contribution in [0.25, 0.3) is 22.0 Å². The Morgan fingerprint density at radius 3 is 2.95 bits per heavy atom. The summed E-state index contributed by atoms with van der Waals surface area (Å²) in [6.07, 6.45) is 5.60. The van der Waals surface area contributed by atoms with Crippen molar-refractivity contribution in [3.8, 4) is 11.3 Å². The molecule has 0 fully saturated rings. The quantitative estimate of drug-likeness (QED) is 0.793. The second-order valence-corrected chi connectivity index (χ2v) is 4.72. The van der Waals surface area contributed by atoms with Crippen molar-refractivity contribution in [3.63, 3.8) is 0 Å². The number of fused-ring (bicyclic) bond motifs is 1. The highest BCUT2D eigenvalue weighted by Crippen LogP contribution is 2.28. The van der Waals surface area contributed by atoms with E-state index in [9.17, 15) is 4.39 Å². The molecule has 0 saturated heterocycles. The third-order valence-electron chi connectivity index (χ3n) is 3.22. The van der Waals surface area contributed by atoms with E-state index in [-0.39, 0.29) is 0 Å². The maximum absolute atomic E-state index is 14.1. The molecule has 1 aromatic carbocycles. The Labute approximate surface area is 122 Å². The molecule has 0 radical (unpaired) electrons. The van der Waals surface area contributed by atoms with Crippen LogP contribution < -0.4 is 5.32 Å². The number of hydrogen-bond acceptors (Lipinski definition) is 4. The average Bonchev–Trinajstić information content (AvgIpc) is 2.54. The molecule has 0 spiro atoms. The lowest BCUT2D eigenvalue weighted by atomic mass is 10.0. The van der Waals surface area contributed by atoms with Crippen molar-refractivity contribution >= 4 is 16.7 Å². The van der Waals surface area contributed by atoms with Gasteiger partial charge in [0.15, 0.2) is 5.82 Å². The third kappa shape index (κ3) is 2.67. The zero-order chi connectivity index (χ0) is 14.7. The van der Waals surface area contributed by atoms with Gasteiger partial charge in [0.25, 0.3) is 0 Å². The summed E-state index contributed by atoms with van der Waals surface area (Å²) < 4.78 is 14.1. The Morgan fingerprint density at radius 1 is 1.19 bits per heavy atom. The molecule has 2 heterocycles. The Bertz CT molecular complexity index is 768. The van der Waals surface area contributed by atoms with E-state index in [1.807, 2.05) is 31.2 Å². The first-order valence-electron chi connectivity index (χ1n) is 6.89. The lowest BCUT2D eigenvalue weighted by molar-refractivity contribution is 0.618. The van der Waals surface area contributed by atoms with Crippen molar-refractivity contribution in [3.05, 3.63) is 48.7 Å². The molecule has 0 aliphatic rings. The van der Waals surface area contributed by atoms with Crippen LogP contribution >= 0.6 is 0 Å². The maximum Gasteiger partial charge on any atom is 0.223 e. The molecule has 3 rings (SSSR count). The Kier molecular flexibility index (Phi) is 3.73. The highest BCUT2D eigenvalue weighted by Gasteiger charge is 2.12. The number of nitrogens with zero attached hydrogens (tertiary/aromatic N) is 3. The predicted octanol–water partition coefficient (Wildman–Crippen LogP) is 3.65. The Morgan fingerprint density at radius 2 is 2.10 bits per heavy atom. The lowest BCUT2D eigenvalue weighted by Crippen LogP contribution is -2.06. The molecular formula is C16H15FN4. The summed E-state index contributed by atoms with van der Waals surface area (Å²) in [6, 6.07) is 7.60. The first-order valence-corrected chi connectivity index (χ1v) is 6.89. The summed E-state index contributed by atoms with van der Waals surface area (Å²) in [5, 5.41) is 4.95. The number of rotatable bonds is 4. The summed E-state index contributed by atoms with van der Waals surface area (Å²) in [5.74, 6) is 0.00236. The van der Waals surface area contributed by atoms with Gasteiger partial charge in [-0.1, -0.05) is 25.1 Å². The fraction of sp³-hybridized carbons (Fsp3) is 0.188. The van der Waals surface area contributed by atoms with E-state index in [1.54, 1.807) is 12.4 Å². The molecule has 0 aliphatic heterocycles. The van der Waals surface area contributed by atoms with Crippen LogP contribution in [0.1, 0.15) is 13.3 Å². The van der Waals surface area contributed by atoms with Gasteiger partial charge in [-0.2, -0.15) is 0 Å². The Balaban J connectivity index is 2.13. The summed E-state index contributed by atoms with van der Waals surface area (Å²) in [4.78, 5) is 12.4. The van der Waals surface area contributed by atoms with E-state index in [1.165, 1.54) is 6.20 Å². The highest BCUT2D eigenvalue weighted by molar-refractivity contribution is 5.95. The summed E-state index contributed by atoms with van der Waals surface area (Å²) >= 11 is 0. The van der Waals surface area contributed by atoms with Crippen molar-refractivity contribution in [1.82, 2.24) is 15.0 Å². The van der Waals surface area contributed by atoms with Crippen molar-refractivity contribution in [2.45, 2.75) is 13.3 Å². The van der Waals surface area contributed by atoms with Gasteiger partial charge in [-0.25, -0.2) is 14.4 Å². The lowest BCUT2D eigenvalue weighted by Gasteiger charge is -2.09. The number of pyridine rings is 1. The standard InChI is InChI=1S/C16H15FN4/c1-2-7-19-16-20-10-14(17)15(21-16)12-5-3-4-11-6-8-18-9-13(11)12/h3-6,8-10H,2,7H2,1H3,(H,19,20,21). The average molecular weight is 282 g/mol. The van der Waals surface area contributed by atoms with Crippen molar-refractivity contribution in [2.75, 3.05) is 11.9 Å². The van der Waals surface area contributed by atoms with Crippen LogP contribution in [0, 0.1) is 5.82 Å². The first-order chi connectivity index (χ1) is 10.3. The molecule has 1 N–H and O–H groups in total. The van der Waals surface area contributed by atoms with Crippen molar-refractivity contribution in [1.29, 1.82) is 0 Å². The topological polar surface area (TPSA) is 50.7 Å². The predicted molar refractivity (Wildman–Crippen MR) is 81.5 cm³/mol. The van der Waals surface area contributed by atoms with Crippen LogP contribution in [-0.4, -0.2) is 21.5 Å². The molecule has 0 aliphatic carbocycles. The zero-order valence-corrected chi connectivity index (χ0v) is 11.7. The fourth-order valence-electron chi connectivity index (χ4n) is 2.20. The van der Waals surface area contributed by atoms with Crippen LogP contribution in [0.4, 0.5) is 10.3 Å². The van der Waals surface area contributed by atoms with Gasteiger partial charge in [0.2, 0.25) is 5.95 Å². The van der Waals surface area contributed by atoms with E-state index >= 15 is 0 Å². The largest absolute Gasteiger partial charge is 0.354 e. The van der Waals surface area contributed by atoms with Crippen LogP contribution in [0.5, 0.6) is 0 Å². The first kappa shape index (κ1) is 13.4. The third-order valence-corrected chi connectivity index (χ3v) is 3.22. The summed E-state index contributed by atoms with van der Waals surface area (Å²) in [5.41, 5.74) is 1.02. The monoisotopic (exact) mass is 282 g/mol. The van der Waals surface area contributed by atoms with Gasteiger partial charge in [0.05, 0.1) is 6.20 Å². The molecule has 5 heteroatoms. The fourth-order valence-corrected chi connectivity index (χ4v) is 2.20. The molecule has 21 heavy (non-hydrogen) atoms. The van der Waals surface area contributed by atoms with E-state index in [2.05, 4.69) is 20.3 Å². The normalized spacial score (nSPS) is 10.8. The Hall–Kier alpha value is -2.56. The minimum absolute atomic E-state index is 0.294. The molecule has 0 bridgehead atoms. The highest BCUT2D eigenvalue weighted by atomic mass is 19.1. The molecular weight excluding hydrogens is 267 g/mol. The van der Waals surface area contributed by atoms with Gasteiger partial charge < -0.3 is 5.32 Å². The number of halogens is 1. The van der Waals surface area contributed by atoms with E-state index in [0.29, 0.717) is 11.6 Å². The van der Waals surface area contributed by atoms with Crippen molar-refractivity contribution in [2.24, 2.45) is 0 Å². The number of aromatic nitrogens is 3. The zero-order valence-electron chi connectivity index (χ0n) is 11.7. The molecule has 106 valence electrons. The van der Waals surface area contributed by atoms with E-state index in [4.69, 9.17) is 0 Å². The number of hydrogen-bond donors (Lipinski definition) is 1. The second-order valence-electron chi connectivity index (χ2n) is 4.72. The number of nitrogens with one attached hydrogen (secondary N) is 1. The van der Waals surface area contributed by atoms with Gasteiger partial charge in [-0.05, 0) is 17.9 Å². The summed E-state index contributed by atoms with van der Waals surface area (Å²) in [7, 11) is 0. The summed E-state index contributed by atoms with van der Waals surface area (Å²) in [6.45, 7) is 2.80. The molecule has 2 aromatic heterocycles. The van der Waals surface area contributed by atoms with Crippen LogP contribution in [-0.2, 0) is 0 Å². The number of anilines is 1. The molecule has 0 amide bonds. The minimum atomic E-state index is -0.437. The second kappa shape index (κ2) is 5.83. The minimum Gasteiger partial charge on any atom is -0.354 e. The van der Waals surface area contributed by atoms with Crippen molar-refractivity contribution < 1.29 is 4.39 Å². The van der Waals surface area contributed by atoms with Crippen LogP contribution in [0.2, 0.25) is 0 Å². The van der Waals surface area contributed by atoms with E-state index < -0.39 is 5.82 Å². The van der Waals surface area contributed by atoms with Gasteiger partial charge >= 0.3 is 0 Å². The van der Waals surface area contributed by atoms with Crippen LogP contribution in [0.15, 0.2) is 42.9 Å². The van der Waals surface area contributed by atoms with Gasteiger partial charge in [-0.3, -0.25) is 4.98 Å². The van der Waals surface area contributed by atoms with Gasteiger partial charge in [-0.15, -0.1) is 0 Å². The number of benzene rings is 1. The SMILES string of the molecule is CCCNc1ncc(F)c(-c2cccc3ccncc23)n1. The van der Waals surface area contributed by atoms with Gasteiger partial charge in [0, 0.05) is 29.9 Å². The smallest absolute Gasteiger partial charge is 0.223 e. The maximum atomic E-state index is 14.1.